The first-order valence-corrected chi connectivity index (χ1v) is 6.19. The zero-order valence-electron chi connectivity index (χ0n) is 11.4. The van der Waals surface area contributed by atoms with Crippen LogP contribution in [0.2, 0.25) is 0 Å². The standard InChI is InChI=1S/C15H15NO4/c1-3-19-14(17)12(10-16)13(15(18)20-4-2)11-8-6-5-7-9-11/h5-9H,3-4H2,1-2H3/b13-12+. The molecular weight excluding hydrogens is 258 g/mol. The van der Waals surface area contributed by atoms with Crippen molar-refractivity contribution in [3.8, 4) is 6.07 Å². The third-order valence-electron chi connectivity index (χ3n) is 2.38. The molecule has 0 heterocycles. The summed E-state index contributed by atoms with van der Waals surface area (Å²) < 4.78 is 9.71. The highest BCUT2D eigenvalue weighted by molar-refractivity contribution is 6.24. The van der Waals surface area contributed by atoms with Gasteiger partial charge in [0.05, 0.1) is 18.8 Å². The van der Waals surface area contributed by atoms with Crippen molar-refractivity contribution in [1.29, 1.82) is 5.26 Å². The summed E-state index contributed by atoms with van der Waals surface area (Å²) in [7, 11) is 0. The highest BCUT2D eigenvalue weighted by Crippen LogP contribution is 2.21. The Hall–Kier alpha value is -2.61. The Morgan fingerprint density at radius 3 is 2.10 bits per heavy atom. The molecule has 0 unspecified atom stereocenters. The Morgan fingerprint density at radius 1 is 1.05 bits per heavy atom. The quantitative estimate of drug-likeness (QED) is 0.466. The van der Waals surface area contributed by atoms with Crippen molar-refractivity contribution in [3.05, 3.63) is 41.5 Å². The Bertz CT molecular complexity index is 555. The minimum Gasteiger partial charge on any atom is -0.462 e. The summed E-state index contributed by atoms with van der Waals surface area (Å²) >= 11 is 0. The van der Waals surface area contributed by atoms with E-state index in [1.807, 2.05) is 0 Å². The van der Waals surface area contributed by atoms with Crippen LogP contribution in [0.1, 0.15) is 19.4 Å². The topological polar surface area (TPSA) is 76.4 Å². The molecule has 0 spiro atoms. The van der Waals surface area contributed by atoms with E-state index < -0.39 is 11.9 Å². The molecule has 0 aliphatic heterocycles. The molecule has 0 saturated carbocycles. The fourth-order valence-electron chi connectivity index (χ4n) is 1.58. The first-order valence-electron chi connectivity index (χ1n) is 6.19. The van der Waals surface area contributed by atoms with Gasteiger partial charge in [-0.15, -0.1) is 0 Å². The van der Waals surface area contributed by atoms with Crippen LogP contribution < -0.4 is 0 Å². The number of hydrogen-bond donors (Lipinski definition) is 0. The summed E-state index contributed by atoms with van der Waals surface area (Å²) in [6.45, 7) is 3.54. The van der Waals surface area contributed by atoms with Gasteiger partial charge in [0, 0.05) is 0 Å². The molecule has 5 nitrogen and oxygen atoms in total. The molecule has 0 aliphatic carbocycles. The Kier molecular flexibility index (Phi) is 5.98. The second-order valence-corrected chi connectivity index (χ2v) is 3.67. The summed E-state index contributed by atoms with van der Waals surface area (Å²) in [5.41, 5.74) is 0.0143. The van der Waals surface area contributed by atoms with Crippen molar-refractivity contribution >= 4 is 17.5 Å². The number of ether oxygens (including phenoxy) is 2. The van der Waals surface area contributed by atoms with Crippen LogP contribution in [-0.4, -0.2) is 25.2 Å². The smallest absolute Gasteiger partial charge is 0.349 e. The number of carbonyl (C=O) groups is 2. The Labute approximate surface area is 117 Å². The molecule has 104 valence electrons. The fraction of sp³-hybridized carbons (Fsp3) is 0.267. The molecular formula is C15H15NO4. The molecule has 0 aromatic heterocycles. The number of hydrogen-bond acceptors (Lipinski definition) is 5. The molecule has 0 amide bonds. The average molecular weight is 273 g/mol. The Balaban J connectivity index is 3.39. The number of nitriles is 1. The lowest BCUT2D eigenvalue weighted by Crippen LogP contribution is -2.15. The van der Waals surface area contributed by atoms with E-state index in [1.54, 1.807) is 50.2 Å². The third-order valence-corrected chi connectivity index (χ3v) is 2.38. The van der Waals surface area contributed by atoms with E-state index in [-0.39, 0.29) is 24.4 Å². The van der Waals surface area contributed by atoms with Gasteiger partial charge in [-0.1, -0.05) is 30.3 Å². The monoisotopic (exact) mass is 273 g/mol. The van der Waals surface area contributed by atoms with E-state index >= 15 is 0 Å². The Morgan fingerprint density at radius 2 is 1.60 bits per heavy atom. The predicted octanol–water partition coefficient (Wildman–Crippen LogP) is 2.09. The van der Waals surface area contributed by atoms with Gasteiger partial charge in [0.2, 0.25) is 0 Å². The van der Waals surface area contributed by atoms with E-state index in [0.717, 1.165) is 0 Å². The number of esters is 2. The van der Waals surface area contributed by atoms with Crippen LogP contribution in [0.4, 0.5) is 0 Å². The van der Waals surface area contributed by atoms with Crippen LogP contribution in [-0.2, 0) is 19.1 Å². The van der Waals surface area contributed by atoms with Crippen molar-refractivity contribution in [2.45, 2.75) is 13.8 Å². The van der Waals surface area contributed by atoms with Gasteiger partial charge in [-0.2, -0.15) is 5.26 Å². The fourth-order valence-corrected chi connectivity index (χ4v) is 1.58. The van der Waals surface area contributed by atoms with Gasteiger partial charge in [0.1, 0.15) is 6.07 Å². The molecule has 0 N–H and O–H groups in total. The summed E-state index contributed by atoms with van der Waals surface area (Å²) in [6.07, 6.45) is 0. The molecule has 1 rings (SSSR count). The van der Waals surface area contributed by atoms with Gasteiger partial charge in [0.15, 0.2) is 5.57 Å². The van der Waals surface area contributed by atoms with Gasteiger partial charge in [-0.25, -0.2) is 9.59 Å². The first kappa shape index (κ1) is 15.4. The second-order valence-electron chi connectivity index (χ2n) is 3.67. The van der Waals surface area contributed by atoms with E-state index in [0.29, 0.717) is 5.56 Å². The van der Waals surface area contributed by atoms with Gasteiger partial charge in [-0.3, -0.25) is 0 Å². The molecule has 0 bridgehead atoms. The predicted molar refractivity (Wildman–Crippen MR) is 72.2 cm³/mol. The van der Waals surface area contributed by atoms with Crippen LogP contribution in [0.25, 0.3) is 5.57 Å². The van der Waals surface area contributed by atoms with Gasteiger partial charge < -0.3 is 9.47 Å². The molecule has 0 atom stereocenters. The summed E-state index contributed by atoms with van der Waals surface area (Å²) in [4.78, 5) is 23.8. The molecule has 20 heavy (non-hydrogen) atoms. The number of carbonyl (C=O) groups excluding carboxylic acids is 2. The van der Waals surface area contributed by atoms with Crippen molar-refractivity contribution in [3.63, 3.8) is 0 Å². The van der Waals surface area contributed by atoms with Gasteiger partial charge >= 0.3 is 11.9 Å². The lowest BCUT2D eigenvalue weighted by atomic mass is 10.0. The lowest BCUT2D eigenvalue weighted by Gasteiger charge is -2.09. The molecule has 0 aliphatic rings. The van der Waals surface area contributed by atoms with Gasteiger partial charge in [0.25, 0.3) is 0 Å². The highest BCUT2D eigenvalue weighted by Gasteiger charge is 2.24. The zero-order valence-corrected chi connectivity index (χ0v) is 11.4. The SMILES string of the molecule is CCOC(=O)/C(C#N)=C(/C(=O)OCC)c1ccccc1. The van der Waals surface area contributed by atoms with Crippen molar-refractivity contribution < 1.29 is 19.1 Å². The summed E-state index contributed by atoms with van der Waals surface area (Å²) in [6, 6.07) is 10.2. The molecule has 1 aromatic rings. The normalized spacial score (nSPS) is 11.1. The van der Waals surface area contributed by atoms with Crippen LogP contribution >= 0.6 is 0 Å². The van der Waals surface area contributed by atoms with E-state index in [9.17, 15) is 9.59 Å². The summed E-state index contributed by atoms with van der Waals surface area (Å²) in [5, 5.41) is 9.16. The van der Waals surface area contributed by atoms with Crippen LogP contribution in [0.15, 0.2) is 35.9 Å². The largest absolute Gasteiger partial charge is 0.462 e. The molecule has 0 saturated heterocycles. The van der Waals surface area contributed by atoms with E-state index in [1.165, 1.54) is 0 Å². The highest BCUT2D eigenvalue weighted by atomic mass is 16.5. The maximum Gasteiger partial charge on any atom is 0.349 e. The van der Waals surface area contributed by atoms with Gasteiger partial charge in [-0.05, 0) is 19.4 Å². The van der Waals surface area contributed by atoms with Crippen LogP contribution in [0.3, 0.4) is 0 Å². The number of nitrogens with zero attached hydrogens (tertiary/aromatic N) is 1. The van der Waals surface area contributed by atoms with Crippen molar-refractivity contribution in [2.24, 2.45) is 0 Å². The van der Waals surface area contributed by atoms with Crippen molar-refractivity contribution in [1.82, 2.24) is 0 Å². The van der Waals surface area contributed by atoms with Crippen LogP contribution in [0, 0.1) is 11.3 Å². The molecule has 1 aromatic carbocycles. The maximum absolute atomic E-state index is 12.0. The maximum atomic E-state index is 12.0. The minimum atomic E-state index is -0.832. The first-order chi connectivity index (χ1) is 9.65. The third kappa shape index (κ3) is 3.69. The van der Waals surface area contributed by atoms with E-state index in [2.05, 4.69) is 0 Å². The zero-order chi connectivity index (χ0) is 15.0. The molecule has 5 heteroatoms. The van der Waals surface area contributed by atoms with Crippen molar-refractivity contribution in [2.75, 3.05) is 13.2 Å². The second kappa shape index (κ2) is 7.74. The van der Waals surface area contributed by atoms with E-state index in [4.69, 9.17) is 14.7 Å². The molecule has 0 fully saturated rings. The number of benzene rings is 1. The lowest BCUT2D eigenvalue weighted by molar-refractivity contribution is -0.139. The van der Waals surface area contributed by atoms with Crippen LogP contribution in [0.5, 0.6) is 0 Å². The number of rotatable bonds is 5. The molecule has 0 radical (unpaired) electrons. The average Bonchev–Trinajstić information content (AvgIpc) is 2.45. The summed E-state index contributed by atoms with van der Waals surface area (Å²) in [5.74, 6) is -1.55. The minimum absolute atomic E-state index is 0.0756.